The monoisotopic (exact) mass is 748 g/mol. The van der Waals surface area contributed by atoms with Crippen molar-refractivity contribution in [2.24, 2.45) is 0 Å². The van der Waals surface area contributed by atoms with Crippen molar-refractivity contribution in [3.8, 4) is 0 Å². The van der Waals surface area contributed by atoms with Crippen molar-refractivity contribution in [2.75, 3.05) is 19.8 Å². The molecule has 53 heavy (non-hydrogen) atoms. The van der Waals surface area contributed by atoms with Gasteiger partial charge >= 0.3 is 17.9 Å². The average molecular weight is 748 g/mol. The zero-order chi connectivity index (χ0) is 39.1. The number of ether oxygens (including phenoxy) is 3. The molecule has 0 rings (SSSR count). The summed E-state index contributed by atoms with van der Waals surface area (Å²) in [4.78, 5) is 37.1. The predicted octanol–water partition coefficient (Wildman–Crippen LogP) is 12.8. The lowest BCUT2D eigenvalue weighted by molar-refractivity contribution is -0.155. The van der Waals surface area contributed by atoms with E-state index in [0.717, 1.165) is 51.4 Å². The molecule has 0 amide bonds. The van der Waals surface area contributed by atoms with Crippen LogP contribution < -0.4 is 5.32 Å². The normalized spacial score (nSPS) is 12.0. The van der Waals surface area contributed by atoms with Gasteiger partial charge in [0.2, 0.25) is 0 Å². The number of nitrogens with one attached hydrogen (secondary N) is 1. The molecule has 310 valence electrons. The SMILES string of the molecule is CCCCCCCC/C=C\CCCCCCCC(=O)OCC(COC(=O)CCCCCCC/C=C\CCCCCCCC)NCCC(=O)OC(C)(C)C. The third-order valence-corrected chi connectivity index (χ3v) is 9.36. The number of carbonyl (C=O) groups is 3. The van der Waals surface area contributed by atoms with Gasteiger partial charge in [0.1, 0.15) is 18.8 Å². The number of carbonyl (C=O) groups excluding carboxylic acids is 3. The maximum atomic E-state index is 12.5. The molecule has 0 aliphatic carbocycles. The van der Waals surface area contributed by atoms with E-state index in [9.17, 15) is 14.4 Å². The van der Waals surface area contributed by atoms with E-state index in [0.29, 0.717) is 19.4 Å². The predicted molar refractivity (Wildman–Crippen MR) is 223 cm³/mol. The van der Waals surface area contributed by atoms with Crippen LogP contribution in [0.5, 0.6) is 0 Å². The number of unbranched alkanes of at least 4 members (excludes halogenated alkanes) is 22. The van der Waals surface area contributed by atoms with Crippen molar-refractivity contribution in [2.45, 2.75) is 232 Å². The summed E-state index contributed by atoms with van der Waals surface area (Å²) in [5.74, 6) is -0.770. The Hall–Kier alpha value is -2.15. The van der Waals surface area contributed by atoms with Gasteiger partial charge < -0.3 is 19.5 Å². The first kappa shape index (κ1) is 50.9. The maximum absolute atomic E-state index is 12.5. The van der Waals surface area contributed by atoms with E-state index in [2.05, 4.69) is 43.5 Å². The molecule has 0 spiro atoms. The maximum Gasteiger partial charge on any atom is 0.307 e. The van der Waals surface area contributed by atoms with Gasteiger partial charge in [-0.3, -0.25) is 14.4 Å². The third kappa shape index (κ3) is 40.9. The van der Waals surface area contributed by atoms with Crippen LogP contribution in [-0.2, 0) is 28.6 Å². The number of esters is 3. The Morgan fingerprint density at radius 2 is 0.811 bits per heavy atom. The summed E-state index contributed by atoms with van der Waals surface area (Å²) in [7, 11) is 0. The van der Waals surface area contributed by atoms with E-state index in [1.54, 1.807) is 0 Å². The highest BCUT2D eigenvalue weighted by atomic mass is 16.6. The van der Waals surface area contributed by atoms with Crippen LogP contribution in [0.4, 0.5) is 0 Å². The molecule has 0 saturated heterocycles. The number of allylic oxidation sites excluding steroid dienone is 4. The Labute approximate surface area is 327 Å². The molecule has 0 saturated carbocycles. The minimum absolute atomic E-state index is 0.0961. The van der Waals surface area contributed by atoms with E-state index in [1.807, 2.05) is 20.8 Å². The molecule has 0 atom stereocenters. The van der Waals surface area contributed by atoms with Gasteiger partial charge in [-0.1, -0.05) is 141 Å². The van der Waals surface area contributed by atoms with E-state index in [1.165, 1.54) is 116 Å². The summed E-state index contributed by atoms with van der Waals surface area (Å²) in [6.45, 7) is 10.6. The zero-order valence-electron chi connectivity index (χ0n) is 35.5. The van der Waals surface area contributed by atoms with Crippen LogP contribution in [0, 0.1) is 0 Å². The van der Waals surface area contributed by atoms with Gasteiger partial charge in [-0.15, -0.1) is 0 Å². The Morgan fingerprint density at radius 1 is 0.472 bits per heavy atom. The standard InChI is InChI=1S/C46H85NO6/c1-6-8-10-12-14-16-18-20-22-24-26-28-30-32-34-36-43(48)51-40-42(47-39-38-45(50)53-46(3,4)5)41-52-44(49)37-35-33-31-29-27-25-23-21-19-17-15-13-11-9-7-2/h20-23,42,47H,6-19,24-41H2,1-5H3/b22-20-,23-21-. The summed E-state index contributed by atoms with van der Waals surface area (Å²) in [6.07, 6.45) is 41.8. The van der Waals surface area contributed by atoms with E-state index < -0.39 is 5.60 Å². The second-order valence-corrected chi connectivity index (χ2v) is 16.0. The summed E-state index contributed by atoms with van der Waals surface area (Å²) in [5.41, 5.74) is -0.546. The molecule has 0 aromatic rings. The lowest BCUT2D eigenvalue weighted by atomic mass is 10.1. The highest BCUT2D eigenvalue weighted by Crippen LogP contribution is 2.13. The molecular formula is C46H85NO6. The smallest absolute Gasteiger partial charge is 0.307 e. The average Bonchev–Trinajstić information content (AvgIpc) is 3.11. The van der Waals surface area contributed by atoms with Crippen molar-refractivity contribution in [1.29, 1.82) is 0 Å². The minimum atomic E-state index is -0.546. The topological polar surface area (TPSA) is 90.9 Å². The molecular weight excluding hydrogens is 663 g/mol. The second-order valence-electron chi connectivity index (χ2n) is 16.0. The van der Waals surface area contributed by atoms with E-state index in [-0.39, 0.29) is 43.6 Å². The molecule has 0 fully saturated rings. The van der Waals surface area contributed by atoms with Gasteiger partial charge in [-0.25, -0.2) is 0 Å². The molecule has 7 heteroatoms. The van der Waals surface area contributed by atoms with Crippen LogP contribution in [0.25, 0.3) is 0 Å². The van der Waals surface area contributed by atoms with Crippen molar-refractivity contribution >= 4 is 17.9 Å². The van der Waals surface area contributed by atoms with Gasteiger partial charge in [0.15, 0.2) is 0 Å². The van der Waals surface area contributed by atoms with Gasteiger partial charge in [-0.2, -0.15) is 0 Å². The van der Waals surface area contributed by atoms with Gasteiger partial charge in [0.25, 0.3) is 0 Å². The van der Waals surface area contributed by atoms with Crippen molar-refractivity contribution in [3.63, 3.8) is 0 Å². The lowest BCUT2D eigenvalue weighted by Crippen LogP contribution is -2.40. The van der Waals surface area contributed by atoms with Crippen molar-refractivity contribution in [3.05, 3.63) is 24.3 Å². The fourth-order valence-electron chi connectivity index (χ4n) is 6.15. The van der Waals surface area contributed by atoms with E-state index in [4.69, 9.17) is 14.2 Å². The van der Waals surface area contributed by atoms with Crippen molar-refractivity contribution in [1.82, 2.24) is 5.32 Å². The first-order valence-corrected chi connectivity index (χ1v) is 22.2. The molecule has 7 nitrogen and oxygen atoms in total. The van der Waals surface area contributed by atoms with Crippen LogP contribution in [0.15, 0.2) is 24.3 Å². The fraction of sp³-hybridized carbons (Fsp3) is 0.848. The van der Waals surface area contributed by atoms with Gasteiger partial charge in [0, 0.05) is 19.4 Å². The summed E-state index contributed by atoms with van der Waals surface area (Å²) in [6, 6.07) is -0.381. The van der Waals surface area contributed by atoms with Crippen LogP contribution >= 0.6 is 0 Å². The Balaban J connectivity index is 4.19. The van der Waals surface area contributed by atoms with E-state index >= 15 is 0 Å². The second kappa shape index (κ2) is 38.1. The molecule has 0 unspecified atom stereocenters. The molecule has 0 aliphatic heterocycles. The number of rotatable bonds is 38. The Morgan fingerprint density at radius 3 is 1.17 bits per heavy atom. The van der Waals surface area contributed by atoms with Crippen LogP contribution in [0.2, 0.25) is 0 Å². The summed E-state index contributed by atoms with van der Waals surface area (Å²) < 4.78 is 16.5. The number of hydrogen-bond donors (Lipinski definition) is 1. The van der Waals surface area contributed by atoms with Gasteiger partial charge in [-0.05, 0) is 85.0 Å². The van der Waals surface area contributed by atoms with Crippen LogP contribution in [0.3, 0.4) is 0 Å². The van der Waals surface area contributed by atoms with Crippen molar-refractivity contribution < 1.29 is 28.6 Å². The molecule has 0 aliphatic rings. The lowest BCUT2D eigenvalue weighted by Gasteiger charge is -2.21. The van der Waals surface area contributed by atoms with Crippen LogP contribution in [-0.4, -0.2) is 49.3 Å². The highest BCUT2D eigenvalue weighted by molar-refractivity contribution is 5.70. The van der Waals surface area contributed by atoms with Crippen LogP contribution in [0.1, 0.15) is 221 Å². The Bertz CT molecular complexity index is 852. The highest BCUT2D eigenvalue weighted by Gasteiger charge is 2.18. The first-order chi connectivity index (χ1) is 25.7. The zero-order valence-corrected chi connectivity index (χ0v) is 35.5. The largest absolute Gasteiger partial charge is 0.464 e. The molecule has 0 bridgehead atoms. The third-order valence-electron chi connectivity index (χ3n) is 9.36. The minimum Gasteiger partial charge on any atom is -0.464 e. The van der Waals surface area contributed by atoms with Gasteiger partial charge in [0.05, 0.1) is 12.5 Å². The summed E-state index contributed by atoms with van der Waals surface area (Å²) >= 11 is 0. The fourth-order valence-corrected chi connectivity index (χ4v) is 6.15. The summed E-state index contributed by atoms with van der Waals surface area (Å²) in [5, 5.41) is 3.22. The first-order valence-electron chi connectivity index (χ1n) is 22.2. The molecule has 0 radical (unpaired) electrons. The Kier molecular flexibility index (Phi) is 36.6. The molecule has 0 heterocycles. The molecule has 1 N–H and O–H groups in total. The number of hydrogen-bond acceptors (Lipinski definition) is 7. The molecule has 0 aromatic carbocycles. The quantitative estimate of drug-likeness (QED) is 0.0291. The molecule has 0 aromatic heterocycles.